The molecule has 1 N–H and O–H groups in total. The highest BCUT2D eigenvalue weighted by atomic mass is 32.1. The van der Waals surface area contributed by atoms with E-state index in [-0.39, 0.29) is 6.04 Å². The molecular formula is C19H21N3S. The van der Waals surface area contributed by atoms with Gasteiger partial charge in [-0.3, -0.25) is 9.88 Å². The molecule has 1 atom stereocenters. The van der Waals surface area contributed by atoms with Crippen LogP contribution >= 0.6 is 11.3 Å². The van der Waals surface area contributed by atoms with Crippen molar-refractivity contribution in [1.82, 2.24) is 15.2 Å². The first kappa shape index (κ1) is 14.8. The third-order valence-electron chi connectivity index (χ3n) is 4.42. The third-order valence-corrected chi connectivity index (χ3v) is 5.59. The molecule has 23 heavy (non-hydrogen) atoms. The maximum Gasteiger partial charge on any atom is 0.0870 e. The number of hydrogen-bond acceptors (Lipinski definition) is 4. The molecule has 118 valence electrons. The van der Waals surface area contributed by atoms with Gasteiger partial charge in [0.05, 0.1) is 11.7 Å². The number of aromatic nitrogens is 1. The lowest BCUT2D eigenvalue weighted by Crippen LogP contribution is -2.33. The zero-order valence-corrected chi connectivity index (χ0v) is 13.9. The summed E-state index contributed by atoms with van der Waals surface area (Å²) in [6, 6.07) is 17.5. The summed E-state index contributed by atoms with van der Waals surface area (Å²) in [5, 5.41) is 4.84. The van der Waals surface area contributed by atoms with E-state index in [0.29, 0.717) is 0 Å². The van der Waals surface area contributed by atoms with Crippen LogP contribution in [0.15, 0.2) is 54.7 Å². The van der Waals surface area contributed by atoms with Gasteiger partial charge in [-0.25, -0.2) is 0 Å². The van der Waals surface area contributed by atoms with E-state index in [0.717, 1.165) is 31.9 Å². The van der Waals surface area contributed by atoms with Crippen molar-refractivity contribution in [1.29, 1.82) is 0 Å². The van der Waals surface area contributed by atoms with Gasteiger partial charge in [0.2, 0.25) is 0 Å². The monoisotopic (exact) mass is 323 g/mol. The van der Waals surface area contributed by atoms with Crippen LogP contribution in [0.5, 0.6) is 0 Å². The first-order valence-electron chi connectivity index (χ1n) is 8.26. The van der Waals surface area contributed by atoms with Gasteiger partial charge in [-0.2, -0.15) is 0 Å². The van der Waals surface area contributed by atoms with Gasteiger partial charge in [0.15, 0.2) is 0 Å². The summed E-state index contributed by atoms with van der Waals surface area (Å²) >= 11 is 1.90. The fraction of sp³-hybridized carbons (Fsp3) is 0.316. The molecular weight excluding hydrogens is 302 g/mol. The Kier molecular flexibility index (Phi) is 4.37. The summed E-state index contributed by atoms with van der Waals surface area (Å²) in [7, 11) is 0. The van der Waals surface area contributed by atoms with Crippen molar-refractivity contribution < 1.29 is 0 Å². The number of benzene rings is 1. The van der Waals surface area contributed by atoms with Crippen LogP contribution < -0.4 is 5.32 Å². The van der Waals surface area contributed by atoms with Crippen molar-refractivity contribution >= 4 is 21.4 Å². The second kappa shape index (κ2) is 6.79. The lowest BCUT2D eigenvalue weighted by atomic mass is 10.1. The molecule has 0 amide bonds. The Hall–Kier alpha value is -1.75. The van der Waals surface area contributed by atoms with Gasteiger partial charge in [0, 0.05) is 35.4 Å². The molecule has 0 spiro atoms. The molecule has 1 aliphatic rings. The van der Waals surface area contributed by atoms with Gasteiger partial charge >= 0.3 is 0 Å². The van der Waals surface area contributed by atoms with Crippen LogP contribution in [-0.4, -0.2) is 36.1 Å². The number of pyridine rings is 1. The van der Waals surface area contributed by atoms with E-state index in [1.54, 1.807) is 0 Å². The van der Waals surface area contributed by atoms with E-state index in [1.165, 1.54) is 21.4 Å². The minimum atomic E-state index is 0.258. The van der Waals surface area contributed by atoms with E-state index >= 15 is 0 Å². The van der Waals surface area contributed by atoms with Crippen LogP contribution in [0.3, 0.4) is 0 Å². The summed E-state index contributed by atoms with van der Waals surface area (Å²) in [5.41, 5.74) is 1.15. The molecule has 3 aromatic rings. The van der Waals surface area contributed by atoms with E-state index in [2.05, 4.69) is 57.7 Å². The van der Waals surface area contributed by atoms with Gasteiger partial charge in [0.1, 0.15) is 0 Å². The molecule has 3 heterocycles. The average molecular weight is 323 g/mol. The molecule has 1 saturated heterocycles. The van der Waals surface area contributed by atoms with Crippen LogP contribution in [0.2, 0.25) is 0 Å². The Balaban J connectivity index is 1.77. The molecule has 0 aliphatic carbocycles. The molecule has 3 nitrogen and oxygen atoms in total. The zero-order chi connectivity index (χ0) is 15.5. The van der Waals surface area contributed by atoms with Crippen LogP contribution in [-0.2, 0) is 0 Å². The summed E-state index contributed by atoms with van der Waals surface area (Å²) in [6.45, 7) is 4.34. The molecule has 0 radical (unpaired) electrons. The van der Waals surface area contributed by atoms with Gasteiger partial charge in [-0.15, -0.1) is 11.3 Å². The first-order valence-corrected chi connectivity index (χ1v) is 9.08. The summed E-state index contributed by atoms with van der Waals surface area (Å²) in [5.74, 6) is 0. The van der Waals surface area contributed by atoms with Crippen molar-refractivity contribution in [3.63, 3.8) is 0 Å². The Morgan fingerprint density at radius 1 is 1.04 bits per heavy atom. The minimum Gasteiger partial charge on any atom is -0.315 e. The maximum atomic E-state index is 4.68. The van der Waals surface area contributed by atoms with Gasteiger partial charge < -0.3 is 5.32 Å². The predicted octanol–water partition coefficient (Wildman–Crippen LogP) is 3.68. The highest BCUT2D eigenvalue weighted by Crippen LogP contribution is 2.36. The van der Waals surface area contributed by atoms with Crippen LogP contribution in [0, 0.1) is 0 Å². The Morgan fingerprint density at radius 2 is 1.96 bits per heavy atom. The van der Waals surface area contributed by atoms with Crippen molar-refractivity contribution in [2.75, 3.05) is 26.2 Å². The van der Waals surface area contributed by atoms with Crippen LogP contribution in [0.1, 0.15) is 23.0 Å². The number of thiophene rings is 1. The smallest absolute Gasteiger partial charge is 0.0870 e. The van der Waals surface area contributed by atoms with E-state index in [4.69, 9.17) is 0 Å². The molecule has 1 aliphatic heterocycles. The van der Waals surface area contributed by atoms with Crippen molar-refractivity contribution in [3.05, 3.63) is 65.3 Å². The van der Waals surface area contributed by atoms with Gasteiger partial charge in [0.25, 0.3) is 0 Å². The maximum absolute atomic E-state index is 4.68. The second-order valence-electron chi connectivity index (χ2n) is 5.98. The number of hydrogen-bond donors (Lipinski definition) is 1. The molecule has 1 aromatic carbocycles. The van der Waals surface area contributed by atoms with Crippen LogP contribution in [0.25, 0.3) is 10.1 Å². The summed E-state index contributed by atoms with van der Waals surface area (Å²) in [6.07, 6.45) is 3.10. The van der Waals surface area contributed by atoms with Crippen molar-refractivity contribution in [3.8, 4) is 0 Å². The summed E-state index contributed by atoms with van der Waals surface area (Å²) in [4.78, 5) is 8.65. The highest BCUT2D eigenvalue weighted by molar-refractivity contribution is 7.19. The van der Waals surface area contributed by atoms with Crippen LogP contribution in [0.4, 0.5) is 0 Å². The summed E-state index contributed by atoms with van der Waals surface area (Å²) < 4.78 is 1.36. The van der Waals surface area contributed by atoms with Gasteiger partial charge in [-0.05, 0) is 42.6 Å². The Bertz CT molecular complexity index is 727. The molecule has 0 bridgehead atoms. The quantitative estimate of drug-likeness (QED) is 0.797. The lowest BCUT2D eigenvalue weighted by molar-refractivity contribution is 0.240. The lowest BCUT2D eigenvalue weighted by Gasteiger charge is -2.29. The van der Waals surface area contributed by atoms with E-state index in [9.17, 15) is 0 Å². The number of rotatable bonds is 3. The number of nitrogens with zero attached hydrogens (tertiary/aromatic N) is 2. The number of fused-ring (bicyclic) bond motifs is 1. The standard InChI is InChI=1S/C19H21N3S/c1-2-8-17-15(6-1)14-18(23-17)19(16-7-3-4-10-21-16)22-12-5-9-20-11-13-22/h1-4,6-8,10,14,19-20H,5,9,11-13H2. The fourth-order valence-electron chi connectivity index (χ4n) is 3.31. The molecule has 4 rings (SSSR count). The molecule has 0 saturated carbocycles. The van der Waals surface area contributed by atoms with E-state index in [1.807, 2.05) is 23.6 Å². The SMILES string of the molecule is c1ccc(C(c2cc3ccccc3s2)N2CCCNCC2)nc1. The largest absolute Gasteiger partial charge is 0.315 e. The molecule has 1 fully saturated rings. The zero-order valence-electron chi connectivity index (χ0n) is 13.1. The molecule has 4 heteroatoms. The molecule has 1 unspecified atom stereocenters. The normalized spacial score (nSPS) is 17.9. The van der Waals surface area contributed by atoms with Crippen molar-refractivity contribution in [2.24, 2.45) is 0 Å². The third kappa shape index (κ3) is 3.15. The fourth-order valence-corrected chi connectivity index (χ4v) is 4.53. The average Bonchev–Trinajstić information content (AvgIpc) is 2.83. The molecule has 2 aromatic heterocycles. The number of nitrogens with one attached hydrogen (secondary N) is 1. The highest BCUT2D eigenvalue weighted by Gasteiger charge is 2.25. The minimum absolute atomic E-state index is 0.258. The first-order chi connectivity index (χ1) is 11.4. The van der Waals surface area contributed by atoms with E-state index < -0.39 is 0 Å². The second-order valence-corrected chi connectivity index (χ2v) is 7.10. The topological polar surface area (TPSA) is 28.2 Å². The Labute approximate surface area is 141 Å². The van der Waals surface area contributed by atoms with Gasteiger partial charge in [-0.1, -0.05) is 24.3 Å². The Morgan fingerprint density at radius 3 is 2.83 bits per heavy atom. The predicted molar refractivity (Wildman–Crippen MR) is 97.0 cm³/mol. The van der Waals surface area contributed by atoms with Crippen molar-refractivity contribution in [2.45, 2.75) is 12.5 Å².